The minimum Gasteiger partial charge on any atom is -0.0646 e. The van der Waals surface area contributed by atoms with Crippen LogP contribution in [0.4, 0.5) is 0 Å². The van der Waals surface area contributed by atoms with Gasteiger partial charge in [-0.2, -0.15) is 0 Å². The minimum absolute atomic E-state index is 0.263. The molecule has 0 radical (unpaired) electrons. The van der Waals surface area contributed by atoms with Gasteiger partial charge in [0, 0.05) is 0 Å². The van der Waals surface area contributed by atoms with Crippen molar-refractivity contribution in [3.63, 3.8) is 0 Å². The van der Waals surface area contributed by atoms with Gasteiger partial charge in [0.1, 0.15) is 0 Å². The molecule has 0 saturated carbocycles. The van der Waals surface area contributed by atoms with E-state index in [0.29, 0.717) is 0 Å². The molecule has 0 unspecified atom stereocenters. The molecular formula is C27H40. The molecule has 0 nitrogen and oxygen atoms in total. The third-order valence-corrected chi connectivity index (χ3v) is 6.52. The molecule has 0 aliphatic heterocycles. The summed E-state index contributed by atoms with van der Waals surface area (Å²) in [5.74, 6) is 0. The summed E-state index contributed by atoms with van der Waals surface area (Å²) in [6, 6.07) is 12.2. The smallest absolute Gasteiger partial charge is 0.0103 e. The fraction of sp³-hybridized carbons (Fsp3) is 0.556. The van der Waals surface area contributed by atoms with Crippen molar-refractivity contribution in [1.82, 2.24) is 0 Å². The Hall–Kier alpha value is -1.56. The van der Waals surface area contributed by atoms with E-state index in [1.54, 1.807) is 27.8 Å². The Morgan fingerprint density at radius 3 is 1.70 bits per heavy atom. The van der Waals surface area contributed by atoms with Gasteiger partial charge in [0.15, 0.2) is 0 Å². The van der Waals surface area contributed by atoms with Crippen LogP contribution in [0.5, 0.6) is 0 Å². The van der Waals surface area contributed by atoms with E-state index in [9.17, 15) is 0 Å². The van der Waals surface area contributed by atoms with Crippen LogP contribution in [0.2, 0.25) is 0 Å². The molecule has 0 amide bonds. The maximum absolute atomic E-state index is 2.53. The van der Waals surface area contributed by atoms with E-state index in [4.69, 9.17) is 0 Å². The normalized spacial score (nSPS) is 11.8. The molecule has 2 aromatic carbocycles. The second-order valence-corrected chi connectivity index (χ2v) is 8.53. The average molecular weight is 365 g/mol. The quantitative estimate of drug-likeness (QED) is 0.434. The van der Waals surface area contributed by atoms with Crippen LogP contribution < -0.4 is 0 Å². The first-order valence-electron chi connectivity index (χ1n) is 11.2. The standard InChI is InChI=1S/C27H40/c1-8-20-13-14-21(9-2)24(17-20)15-16-25-18-23(11-4)26(19-22(25)10-3)27(6,7)12-5/h13-14,17-19H,8-12,15-16H2,1-7H3. The highest BCUT2D eigenvalue weighted by atomic mass is 14.3. The molecule has 0 bridgehead atoms. The van der Waals surface area contributed by atoms with E-state index in [-0.39, 0.29) is 5.41 Å². The lowest BCUT2D eigenvalue weighted by Crippen LogP contribution is -2.19. The van der Waals surface area contributed by atoms with E-state index in [2.05, 4.69) is 78.8 Å². The molecule has 0 aromatic heterocycles. The van der Waals surface area contributed by atoms with Crippen LogP contribution in [0, 0.1) is 0 Å². The van der Waals surface area contributed by atoms with E-state index in [1.807, 2.05) is 0 Å². The second kappa shape index (κ2) is 9.58. The first-order chi connectivity index (χ1) is 12.9. The van der Waals surface area contributed by atoms with Gasteiger partial charge in [-0.1, -0.05) is 78.8 Å². The predicted octanol–water partition coefficient (Wildman–Crippen LogP) is 7.41. The van der Waals surface area contributed by atoms with Crippen LogP contribution in [0.25, 0.3) is 0 Å². The lowest BCUT2D eigenvalue weighted by molar-refractivity contribution is 0.500. The van der Waals surface area contributed by atoms with Crippen LogP contribution >= 0.6 is 0 Å². The first kappa shape index (κ1) is 21.7. The first-order valence-corrected chi connectivity index (χ1v) is 11.2. The summed E-state index contributed by atoms with van der Waals surface area (Å²) in [7, 11) is 0. The summed E-state index contributed by atoms with van der Waals surface area (Å²) in [5, 5.41) is 0. The van der Waals surface area contributed by atoms with Gasteiger partial charge in [0.05, 0.1) is 0 Å². The van der Waals surface area contributed by atoms with Gasteiger partial charge in [-0.15, -0.1) is 0 Å². The van der Waals surface area contributed by atoms with Gasteiger partial charge in [-0.05, 0) is 89.3 Å². The van der Waals surface area contributed by atoms with Crippen LogP contribution in [0.1, 0.15) is 93.8 Å². The Morgan fingerprint density at radius 2 is 1.19 bits per heavy atom. The van der Waals surface area contributed by atoms with Crippen molar-refractivity contribution in [2.75, 3.05) is 0 Å². The monoisotopic (exact) mass is 364 g/mol. The van der Waals surface area contributed by atoms with Crippen molar-refractivity contribution in [3.05, 3.63) is 69.3 Å². The molecule has 2 rings (SSSR count). The largest absolute Gasteiger partial charge is 0.0646 e. The molecule has 27 heavy (non-hydrogen) atoms. The Labute approximate surface area is 168 Å². The molecule has 0 saturated heterocycles. The Bertz CT molecular complexity index is 749. The zero-order chi connectivity index (χ0) is 20.0. The topological polar surface area (TPSA) is 0 Å². The third kappa shape index (κ3) is 5.03. The fourth-order valence-corrected chi connectivity index (χ4v) is 4.16. The highest BCUT2D eigenvalue weighted by molar-refractivity contribution is 5.43. The predicted molar refractivity (Wildman–Crippen MR) is 121 cm³/mol. The van der Waals surface area contributed by atoms with Crippen LogP contribution in [0.3, 0.4) is 0 Å². The minimum atomic E-state index is 0.263. The zero-order valence-electron chi connectivity index (χ0n) is 18.8. The van der Waals surface area contributed by atoms with Crippen LogP contribution in [-0.4, -0.2) is 0 Å². The summed E-state index contributed by atoms with van der Waals surface area (Å²) >= 11 is 0. The molecule has 0 heteroatoms. The van der Waals surface area contributed by atoms with Gasteiger partial charge >= 0.3 is 0 Å². The van der Waals surface area contributed by atoms with E-state index < -0.39 is 0 Å². The van der Waals surface area contributed by atoms with E-state index in [0.717, 1.165) is 38.5 Å². The van der Waals surface area contributed by atoms with Crippen molar-refractivity contribution >= 4 is 0 Å². The Morgan fingerprint density at radius 1 is 0.593 bits per heavy atom. The summed E-state index contributed by atoms with van der Waals surface area (Å²) in [6.45, 7) is 16.2. The maximum atomic E-state index is 2.53. The highest BCUT2D eigenvalue weighted by Crippen LogP contribution is 2.33. The second-order valence-electron chi connectivity index (χ2n) is 8.53. The lowest BCUT2D eigenvalue weighted by atomic mass is 9.77. The van der Waals surface area contributed by atoms with Crippen molar-refractivity contribution in [3.8, 4) is 0 Å². The van der Waals surface area contributed by atoms with Crippen molar-refractivity contribution in [1.29, 1.82) is 0 Å². The molecular weight excluding hydrogens is 324 g/mol. The van der Waals surface area contributed by atoms with Gasteiger partial charge in [-0.3, -0.25) is 0 Å². The highest BCUT2D eigenvalue weighted by Gasteiger charge is 2.22. The van der Waals surface area contributed by atoms with Gasteiger partial charge in [0.25, 0.3) is 0 Å². The fourth-order valence-electron chi connectivity index (χ4n) is 4.16. The molecule has 148 valence electrons. The number of aryl methyl sites for hydroxylation is 6. The van der Waals surface area contributed by atoms with Gasteiger partial charge in [-0.25, -0.2) is 0 Å². The summed E-state index contributed by atoms with van der Waals surface area (Å²) in [5.41, 5.74) is 11.0. The summed E-state index contributed by atoms with van der Waals surface area (Å²) < 4.78 is 0. The van der Waals surface area contributed by atoms with Crippen molar-refractivity contribution < 1.29 is 0 Å². The number of hydrogen-bond donors (Lipinski definition) is 0. The average Bonchev–Trinajstić information content (AvgIpc) is 2.70. The number of rotatable bonds is 9. The molecule has 0 aliphatic carbocycles. The molecule has 0 heterocycles. The Kier molecular flexibility index (Phi) is 7.71. The molecule has 2 aromatic rings. The van der Waals surface area contributed by atoms with Crippen LogP contribution in [-0.2, 0) is 43.9 Å². The van der Waals surface area contributed by atoms with E-state index in [1.165, 1.54) is 17.5 Å². The Balaban J connectivity index is 2.37. The summed E-state index contributed by atoms with van der Waals surface area (Å²) in [6.07, 6.45) is 8.00. The third-order valence-electron chi connectivity index (χ3n) is 6.52. The SMILES string of the molecule is CCc1ccc(CC)c(CCc2cc(CC)c(C(C)(C)CC)cc2CC)c1. The zero-order valence-corrected chi connectivity index (χ0v) is 18.8. The molecule has 0 aliphatic rings. The van der Waals surface area contributed by atoms with Crippen molar-refractivity contribution in [2.45, 2.75) is 98.8 Å². The lowest BCUT2D eigenvalue weighted by Gasteiger charge is -2.28. The maximum Gasteiger partial charge on any atom is -0.0103 e. The molecule has 0 fully saturated rings. The number of hydrogen-bond acceptors (Lipinski definition) is 0. The van der Waals surface area contributed by atoms with Gasteiger partial charge < -0.3 is 0 Å². The molecule has 0 N–H and O–H groups in total. The summed E-state index contributed by atoms with van der Waals surface area (Å²) in [4.78, 5) is 0. The van der Waals surface area contributed by atoms with Crippen molar-refractivity contribution in [2.24, 2.45) is 0 Å². The van der Waals surface area contributed by atoms with E-state index >= 15 is 0 Å². The van der Waals surface area contributed by atoms with Gasteiger partial charge in [0.2, 0.25) is 0 Å². The molecule has 0 spiro atoms. The van der Waals surface area contributed by atoms with Crippen LogP contribution in [0.15, 0.2) is 30.3 Å². The number of benzene rings is 2. The molecule has 0 atom stereocenters.